The molecule has 3 fully saturated rings. The lowest BCUT2D eigenvalue weighted by atomic mass is 9.85. The minimum atomic E-state index is -1.11. The van der Waals surface area contributed by atoms with Gasteiger partial charge in [-0.1, -0.05) is 23.2 Å². The topological polar surface area (TPSA) is 156 Å². The number of piperidine rings is 1. The van der Waals surface area contributed by atoms with Gasteiger partial charge in [-0.05, 0) is 89.1 Å². The molecule has 4 aromatic rings. The van der Waals surface area contributed by atoms with Crippen molar-refractivity contribution in [2.75, 3.05) is 30.3 Å². The van der Waals surface area contributed by atoms with Crippen LogP contribution in [0.25, 0.3) is 11.1 Å². The van der Waals surface area contributed by atoms with E-state index in [2.05, 4.69) is 29.0 Å². The fourth-order valence-electron chi connectivity index (χ4n) is 9.08. The van der Waals surface area contributed by atoms with Gasteiger partial charge in [0.15, 0.2) is 11.6 Å². The Kier molecular flexibility index (Phi) is 11.1. The van der Waals surface area contributed by atoms with E-state index in [4.69, 9.17) is 38.8 Å². The molecule has 0 radical (unpaired) electrons. The second-order valence-corrected chi connectivity index (χ2v) is 16.9. The number of nitrogens with zero attached hydrogens (tertiary/aromatic N) is 6. The van der Waals surface area contributed by atoms with Crippen LogP contribution in [-0.4, -0.2) is 86.0 Å². The van der Waals surface area contributed by atoms with Crippen molar-refractivity contribution >= 4 is 58.3 Å². The molecular weight excluding hydrogens is 805 g/mol. The molecule has 1 aliphatic carbocycles. The van der Waals surface area contributed by atoms with Crippen LogP contribution in [0.5, 0.6) is 5.75 Å². The maximum Gasteiger partial charge on any atom is 0.262 e. The third kappa shape index (κ3) is 7.75. The van der Waals surface area contributed by atoms with Crippen LogP contribution >= 0.6 is 23.2 Å². The first-order chi connectivity index (χ1) is 28.2. The van der Waals surface area contributed by atoms with Crippen LogP contribution < -0.4 is 20.7 Å². The lowest BCUT2D eigenvalue weighted by Crippen LogP contribution is -2.58. The van der Waals surface area contributed by atoms with Crippen LogP contribution in [0.15, 0.2) is 48.9 Å². The summed E-state index contributed by atoms with van der Waals surface area (Å²) in [5.74, 6) is -2.80. The number of carbonyl (C=O) groups is 4. The lowest BCUT2D eigenvalue weighted by molar-refractivity contribution is -0.136. The SMILES string of the molecule is CC1CN(c2cc3c(cc2F)C(=O)N(C2CCC(=O)NC2=O)C3=O)CC(C)N1CC1CCC(n2cc(-c3cnc(N)c(O[C@H](C)c4c(Cl)ccc(F)c4Cl)c3)cn2)CC1. The number of nitrogens with two attached hydrogens (primary N) is 1. The maximum absolute atomic E-state index is 15.7. The largest absolute Gasteiger partial charge is 0.482 e. The monoisotopic (exact) mass is 848 g/mol. The highest BCUT2D eigenvalue weighted by Crippen LogP contribution is 2.39. The molecule has 3 unspecified atom stereocenters. The number of piperazine rings is 1. The van der Waals surface area contributed by atoms with E-state index in [0.29, 0.717) is 30.3 Å². The number of hydrogen-bond acceptors (Lipinski definition) is 10. The van der Waals surface area contributed by atoms with Crippen LogP contribution in [0.2, 0.25) is 10.0 Å². The fraction of sp³-hybridized carbons (Fsp3) is 0.429. The number of pyridine rings is 1. The number of rotatable bonds is 9. The molecule has 4 aliphatic rings. The molecule has 4 amide bonds. The number of anilines is 2. The van der Waals surface area contributed by atoms with Crippen LogP contribution in [0, 0.1) is 17.6 Å². The minimum Gasteiger partial charge on any atom is -0.482 e. The first-order valence-electron chi connectivity index (χ1n) is 19.8. The summed E-state index contributed by atoms with van der Waals surface area (Å²) in [5, 5.41) is 7.06. The van der Waals surface area contributed by atoms with Gasteiger partial charge in [0.25, 0.3) is 11.8 Å². The first-order valence-corrected chi connectivity index (χ1v) is 20.6. The van der Waals surface area contributed by atoms with Gasteiger partial charge in [0.1, 0.15) is 23.8 Å². The van der Waals surface area contributed by atoms with Gasteiger partial charge in [-0.15, -0.1) is 0 Å². The quantitative estimate of drug-likeness (QED) is 0.133. The molecule has 13 nitrogen and oxygen atoms in total. The number of imide groups is 2. The lowest BCUT2D eigenvalue weighted by Gasteiger charge is -2.47. The number of halogens is 4. The van der Waals surface area contributed by atoms with Gasteiger partial charge >= 0.3 is 0 Å². The standard InChI is InChI=1S/C42H44Cl2F2N8O5/c1-21-17-51(34-14-29-28(13-32(34)46)41(57)54(42(29)58)33-10-11-36(55)50-40(33)56)18-22(2)52(21)19-24-4-6-27(7-5-24)53-20-26(16-49-53)25-12-35(39(47)48-15-25)59-23(3)37-30(43)8-9-31(45)38(37)44/h8-9,12-16,20-24,27,33H,4-7,10-11,17-19H2,1-3H3,(H2,47,48)(H,50,55,56)/t21?,22?,23-,24?,27?,33?/m1/s1. The van der Waals surface area contributed by atoms with E-state index in [-0.39, 0.29) is 63.6 Å². The Labute approximate surface area is 349 Å². The number of benzene rings is 2. The number of aromatic nitrogens is 3. The predicted octanol–water partition coefficient (Wildman–Crippen LogP) is 6.98. The Bertz CT molecular complexity index is 2340. The van der Waals surface area contributed by atoms with Gasteiger partial charge in [0, 0.05) is 72.2 Å². The summed E-state index contributed by atoms with van der Waals surface area (Å²) in [4.78, 5) is 60.4. The van der Waals surface area contributed by atoms with Gasteiger partial charge in [-0.3, -0.25) is 39.0 Å². The zero-order chi connectivity index (χ0) is 41.9. The molecule has 2 aromatic carbocycles. The zero-order valence-corrected chi connectivity index (χ0v) is 34.3. The molecule has 3 N–H and O–H groups in total. The molecule has 17 heteroatoms. The third-order valence-electron chi connectivity index (χ3n) is 12.2. The molecule has 2 aromatic heterocycles. The smallest absolute Gasteiger partial charge is 0.262 e. The van der Waals surface area contributed by atoms with E-state index < -0.39 is 47.4 Å². The van der Waals surface area contributed by atoms with Crippen molar-refractivity contribution in [3.05, 3.63) is 87.3 Å². The van der Waals surface area contributed by atoms with E-state index in [1.54, 1.807) is 25.4 Å². The van der Waals surface area contributed by atoms with Gasteiger partial charge in [-0.25, -0.2) is 13.8 Å². The van der Waals surface area contributed by atoms with Crippen molar-refractivity contribution in [1.82, 2.24) is 29.9 Å². The Morgan fingerprint density at radius 1 is 0.915 bits per heavy atom. The first kappa shape index (κ1) is 40.7. The summed E-state index contributed by atoms with van der Waals surface area (Å²) in [5.41, 5.74) is 8.32. The number of fused-ring (bicyclic) bond motifs is 1. The Morgan fingerprint density at radius 3 is 2.31 bits per heavy atom. The number of amides is 4. The Balaban J connectivity index is 0.870. The number of hydrogen-bond donors (Lipinski definition) is 2. The van der Waals surface area contributed by atoms with E-state index in [1.807, 2.05) is 15.8 Å². The van der Waals surface area contributed by atoms with Gasteiger partial charge in [0.05, 0.1) is 34.1 Å². The molecule has 8 rings (SSSR count). The summed E-state index contributed by atoms with van der Waals surface area (Å²) in [6.07, 6.45) is 8.74. The molecule has 2 saturated heterocycles. The van der Waals surface area contributed by atoms with E-state index in [1.165, 1.54) is 18.2 Å². The summed E-state index contributed by atoms with van der Waals surface area (Å²) in [6.45, 7) is 7.92. The molecule has 3 aliphatic heterocycles. The zero-order valence-electron chi connectivity index (χ0n) is 32.8. The summed E-state index contributed by atoms with van der Waals surface area (Å²) in [7, 11) is 0. The van der Waals surface area contributed by atoms with Crippen molar-refractivity contribution in [2.45, 2.75) is 89.6 Å². The molecule has 1 saturated carbocycles. The highest BCUT2D eigenvalue weighted by molar-refractivity contribution is 6.36. The average Bonchev–Trinajstić information content (AvgIpc) is 3.78. The van der Waals surface area contributed by atoms with Crippen molar-refractivity contribution in [1.29, 1.82) is 0 Å². The van der Waals surface area contributed by atoms with E-state index in [9.17, 15) is 23.6 Å². The molecule has 0 spiro atoms. The molecule has 4 atom stereocenters. The number of carbonyl (C=O) groups excluding carboxylic acids is 4. The second-order valence-electron chi connectivity index (χ2n) is 16.1. The number of nitrogens with one attached hydrogen (secondary N) is 1. The third-order valence-corrected chi connectivity index (χ3v) is 12.9. The Morgan fingerprint density at radius 2 is 1.61 bits per heavy atom. The van der Waals surface area contributed by atoms with Crippen molar-refractivity contribution in [2.24, 2.45) is 5.92 Å². The average molecular weight is 850 g/mol. The summed E-state index contributed by atoms with van der Waals surface area (Å²) < 4.78 is 38.0. The molecular formula is C42H44Cl2F2N8O5. The number of ether oxygens (including phenoxy) is 1. The fourth-order valence-corrected chi connectivity index (χ4v) is 9.76. The van der Waals surface area contributed by atoms with Gasteiger partial charge < -0.3 is 15.4 Å². The summed E-state index contributed by atoms with van der Waals surface area (Å²) in [6, 6.07) is 6.23. The van der Waals surface area contributed by atoms with Crippen LogP contribution in [0.1, 0.15) is 97.7 Å². The predicted molar refractivity (Wildman–Crippen MR) is 217 cm³/mol. The van der Waals surface area contributed by atoms with Gasteiger partial charge in [0.2, 0.25) is 11.8 Å². The molecule has 59 heavy (non-hydrogen) atoms. The van der Waals surface area contributed by atoms with Crippen molar-refractivity contribution in [3.63, 3.8) is 0 Å². The van der Waals surface area contributed by atoms with E-state index >= 15 is 4.39 Å². The van der Waals surface area contributed by atoms with Crippen LogP contribution in [0.3, 0.4) is 0 Å². The second kappa shape index (κ2) is 16.1. The molecule has 310 valence electrons. The van der Waals surface area contributed by atoms with Crippen LogP contribution in [0.4, 0.5) is 20.3 Å². The Hall–Kier alpha value is -5.12. The summed E-state index contributed by atoms with van der Waals surface area (Å²) >= 11 is 12.5. The van der Waals surface area contributed by atoms with Crippen molar-refractivity contribution < 1.29 is 32.7 Å². The normalized spacial score (nSPS) is 24.4. The maximum atomic E-state index is 15.7. The molecule has 0 bridgehead atoms. The highest BCUT2D eigenvalue weighted by Gasteiger charge is 2.46. The van der Waals surface area contributed by atoms with Crippen molar-refractivity contribution in [3.8, 4) is 16.9 Å². The van der Waals surface area contributed by atoms with Crippen LogP contribution in [-0.2, 0) is 9.59 Å². The van der Waals surface area contributed by atoms with E-state index in [0.717, 1.165) is 54.3 Å². The minimum absolute atomic E-state index is 0.00743. The highest BCUT2D eigenvalue weighted by atomic mass is 35.5. The number of nitrogen functional groups attached to an aromatic ring is 1. The van der Waals surface area contributed by atoms with Gasteiger partial charge in [-0.2, -0.15) is 5.10 Å². The molecule has 5 heterocycles.